The van der Waals surface area contributed by atoms with E-state index in [1.807, 2.05) is 0 Å². The Balaban J connectivity index is 2.38. The number of benzene rings is 2. The molecule has 0 aliphatic carbocycles. The number of alkyl halides is 7. The Morgan fingerprint density at radius 1 is 0.833 bits per heavy atom. The summed E-state index contributed by atoms with van der Waals surface area (Å²) < 4.78 is 77.9. The molecule has 2 aromatic rings. The third-order valence-corrected chi connectivity index (χ3v) is 4.23. The predicted octanol–water partition coefficient (Wildman–Crippen LogP) is 7.01. The van der Waals surface area contributed by atoms with Crippen LogP contribution in [0, 0.1) is 0 Å². The Morgan fingerprint density at radius 3 is 1.71 bits per heavy atom. The number of hydrogen-bond acceptors (Lipinski definition) is 0. The molecule has 0 saturated heterocycles. The summed E-state index contributed by atoms with van der Waals surface area (Å²) in [6.45, 7) is 0. The third kappa shape index (κ3) is 4.89. The van der Waals surface area contributed by atoms with E-state index in [2.05, 4.69) is 15.9 Å². The first-order valence-electron chi connectivity index (χ1n) is 6.64. The van der Waals surface area contributed by atoms with Gasteiger partial charge in [0.05, 0.1) is 16.5 Å². The van der Waals surface area contributed by atoms with Crippen molar-refractivity contribution >= 4 is 27.5 Å². The van der Waals surface area contributed by atoms with Crippen molar-refractivity contribution in [2.24, 2.45) is 0 Å². The van der Waals surface area contributed by atoms with E-state index >= 15 is 0 Å². The van der Waals surface area contributed by atoms with Crippen LogP contribution in [0.15, 0.2) is 46.9 Å². The molecule has 130 valence electrons. The predicted molar refractivity (Wildman–Crippen MR) is 82.9 cm³/mol. The molecule has 0 bridgehead atoms. The van der Waals surface area contributed by atoms with Crippen LogP contribution in [0.1, 0.15) is 27.6 Å². The molecular weight excluding hydrogens is 422 g/mol. The molecule has 0 amide bonds. The van der Waals surface area contributed by atoms with E-state index < -0.39 is 28.9 Å². The van der Waals surface area contributed by atoms with Gasteiger partial charge in [0.1, 0.15) is 0 Å². The van der Waals surface area contributed by atoms with Crippen LogP contribution in [-0.2, 0) is 18.8 Å². The molecule has 0 saturated carbocycles. The molecule has 0 aliphatic rings. The second-order valence-corrected chi connectivity index (χ2v) is 6.58. The first kappa shape index (κ1) is 19.1. The Labute approximate surface area is 147 Å². The molecule has 2 rings (SSSR count). The maximum Gasteiger partial charge on any atom is 0.416 e. The summed E-state index contributed by atoms with van der Waals surface area (Å²) in [7, 11) is 0. The average Bonchev–Trinajstić information content (AvgIpc) is 2.47. The van der Waals surface area contributed by atoms with E-state index in [-0.39, 0.29) is 18.1 Å². The molecule has 0 aromatic heterocycles. The Bertz CT molecular complexity index is 674. The largest absolute Gasteiger partial charge is 0.416 e. The normalized spacial score (nSPS) is 13.8. The fourth-order valence-corrected chi connectivity index (χ4v) is 2.67. The van der Waals surface area contributed by atoms with E-state index in [1.165, 1.54) is 0 Å². The summed E-state index contributed by atoms with van der Waals surface area (Å²) in [5, 5.41) is -1.02. The lowest BCUT2D eigenvalue weighted by Crippen LogP contribution is -2.12. The summed E-state index contributed by atoms with van der Waals surface area (Å²) in [5.41, 5.74) is -2.26. The van der Waals surface area contributed by atoms with Gasteiger partial charge in [-0.05, 0) is 47.9 Å². The van der Waals surface area contributed by atoms with Crippen molar-refractivity contribution in [3.8, 4) is 0 Å². The Kier molecular flexibility index (Phi) is 5.54. The van der Waals surface area contributed by atoms with E-state index in [9.17, 15) is 26.3 Å². The molecule has 8 heteroatoms. The fraction of sp³-hybridized carbons (Fsp3) is 0.250. The Hall–Kier alpha value is -1.21. The van der Waals surface area contributed by atoms with Crippen LogP contribution in [0.3, 0.4) is 0 Å². The first-order valence-corrected chi connectivity index (χ1v) is 7.87. The zero-order valence-corrected chi connectivity index (χ0v) is 14.2. The van der Waals surface area contributed by atoms with Crippen LogP contribution in [0.4, 0.5) is 26.3 Å². The summed E-state index contributed by atoms with van der Waals surface area (Å²) in [6, 6.07) is 8.22. The van der Waals surface area contributed by atoms with Gasteiger partial charge in [-0.15, -0.1) is 11.6 Å². The molecule has 0 fully saturated rings. The molecule has 0 spiro atoms. The molecule has 0 radical (unpaired) electrons. The summed E-state index contributed by atoms with van der Waals surface area (Å²) in [6.07, 6.45) is -9.66. The maximum atomic E-state index is 12.9. The highest BCUT2D eigenvalue weighted by Gasteiger charge is 2.37. The summed E-state index contributed by atoms with van der Waals surface area (Å²) >= 11 is 9.31. The van der Waals surface area contributed by atoms with Gasteiger partial charge in [0, 0.05) is 4.47 Å². The van der Waals surface area contributed by atoms with Crippen LogP contribution in [-0.4, -0.2) is 0 Å². The van der Waals surface area contributed by atoms with Crippen molar-refractivity contribution < 1.29 is 26.3 Å². The topological polar surface area (TPSA) is 0 Å². The lowest BCUT2D eigenvalue weighted by Gasteiger charge is -2.17. The zero-order valence-electron chi connectivity index (χ0n) is 11.8. The molecule has 0 N–H and O–H groups in total. The fourth-order valence-electron chi connectivity index (χ4n) is 2.11. The molecule has 1 unspecified atom stereocenters. The SMILES string of the molecule is FC(F)(F)c1cc(C(Cl)Cc2ccc(Br)cc2)cc(C(F)(F)F)c1. The molecule has 0 heterocycles. The van der Waals surface area contributed by atoms with Crippen molar-refractivity contribution in [1.29, 1.82) is 0 Å². The minimum atomic E-state index is -4.88. The van der Waals surface area contributed by atoms with E-state index in [1.54, 1.807) is 24.3 Å². The summed E-state index contributed by atoms with van der Waals surface area (Å²) in [4.78, 5) is 0. The van der Waals surface area contributed by atoms with Crippen LogP contribution in [0.2, 0.25) is 0 Å². The smallest absolute Gasteiger partial charge is 0.166 e. The highest BCUT2D eigenvalue weighted by Crippen LogP contribution is 2.39. The standard InChI is InChI=1S/C16H10BrClF6/c17-13-3-1-9(2-4-13)5-14(18)10-6-11(15(19,20)21)8-12(7-10)16(22,23)24/h1-4,6-8,14H,5H2. The van der Waals surface area contributed by atoms with E-state index in [0.29, 0.717) is 17.7 Å². The van der Waals surface area contributed by atoms with Crippen molar-refractivity contribution in [2.45, 2.75) is 24.2 Å². The van der Waals surface area contributed by atoms with E-state index in [0.717, 1.165) is 4.47 Å². The second kappa shape index (κ2) is 6.96. The number of hydrogen-bond donors (Lipinski definition) is 0. The van der Waals surface area contributed by atoms with Gasteiger partial charge < -0.3 is 0 Å². The molecule has 24 heavy (non-hydrogen) atoms. The minimum absolute atomic E-state index is 0.0900. The molecule has 0 aliphatic heterocycles. The Morgan fingerprint density at radius 2 is 1.29 bits per heavy atom. The lowest BCUT2D eigenvalue weighted by molar-refractivity contribution is -0.143. The van der Waals surface area contributed by atoms with Crippen LogP contribution in [0.25, 0.3) is 0 Å². The number of halogens is 8. The summed E-state index contributed by atoms with van der Waals surface area (Å²) in [5.74, 6) is 0. The van der Waals surface area contributed by atoms with Crippen LogP contribution >= 0.6 is 27.5 Å². The van der Waals surface area contributed by atoms with Crippen LogP contribution < -0.4 is 0 Å². The average molecular weight is 432 g/mol. The van der Waals surface area contributed by atoms with Gasteiger partial charge in [-0.3, -0.25) is 0 Å². The van der Waals surface area contributed by atoms with E-state index in [4.69, 9.17) is 11.6 Å². The molecule has 2 aromatic carbocycles. The molecular formula is C16H10BrClF6. The van der Waals surface area contributed by atoms with Gasteiger partial charge in [-0.1, -0.05) is 28.1 Å². The van der Waals surface area contributed by atoms with Crippen molar-refractivity contribution in [2.75, 3.05) is 0 Å². The lowest BCUT2D eigenvalue weighted by atomic mass is 9.99. The minimum Gasteiger partial charge on any atom is -0.166 e. The quantitative estimate of drug-likeness (QED) is 0.362. The van der Waals surface area contributed by atoms with Gasteiger partial charge >= 0.3 is 12.4 Å². The molecule has 0 nitrogen and oxygen atoms in total. The zero-order chi connectivity index (χ0) is 18.1. The van der Waals surface area contributed by atoms with Crippen molar-refractivity contribution in [1.82, 2.24) is 0 Å². The van der Waals surface area contributed by atoms with Gasteiger partial charge in [-0.25, -0.2) is 0 Å². The van der Waals surface area contributed by atoms with Crippen LogP contribution in [0.5, 0.6) is 0 Å². The number of rotatable bonds is 3. The van der Waals surface area contributed by atoms with Gasteiger partial charge in [0.15, 0.2) is 0 Å². The molecule has 1 atom stereocenters. The first-order chi connectivity index (χ1) is 11.0. The second-order valence-electron chi connectivity index (χ2n) is 5.14. The highest BCUT2D eigenvalue weighted by atomic mass is 79.9. The maximum absolute atomic E-state index is 12.9. The van der Waals surface area contributed by atoms with Crippen molar-refractivity contribution in [3.05, 3.63) is 69.2 Å². The monoisotopic (exact) mass is 430 g/mol. The van der Waals surface area contributed by atoms with Gasteiger partial charge in [0.25, 0.3) is 0 Å². The third-order valence-electron chi connectivity index (χ3n) is 3.30. The highest BCUT2D eigenvalue weighted by molar-refractivity contribution is 9.10. The van der Waals surface area contributed by atoms with Gasteiger partial charge in [0.2, 0.25) is 0 Å². The van der Waals surface area contributed by atoms with Gasteiger partial charge in [-0.2, -0.15) is 26.3 Å². The van der Waals surface area contributed by atoms with Crippen molar-refractivity contribution in [3.63, 3.8) is 0 Å².